The van der Waals surface area contributed by atoms with Gasteiger partial charge in [-0.05, 0) is 11.8 Å². The van der Waals surface area contributed by atoms with Gasteiger partial charge in [0, 0.05) is 12.8 Å². The molecule has 86 valence electrons. The van der Waals surface area contributed by atoms with Crippen LogP contribution in [0.3, 0.4) is 0 Å². The van der Waals surface area contributed by atoms with Gasteiger partial charge in [-0.15, -0.1) is 0 Å². The molecule has 0 spiro atoms. The van der Waals surface area contributed by atoms with E-state index >= 15 is 0 Å². The number of sulfone groups is 1. The highest BCUT2D eigenvalue weighted by Gasteiger charge is 2.38. The summed E-state index contributed by atoms with van der Waals surface area (Å²) in [5.41, 5.74) is 10.0. The molecule has 0 aliphatic carbocycles. The smallest absolute Gasteiger partial charge is 0.217 e. The molecule has 0 bridgehead atoms. The topological polar surface area (TPSA) is 120 Å². The first kappa shape index (κ1) is 12.0. The van der Waals surface area contributed by atoms with E-state index in [0.29, 0.717) is 0 Å². The number of amides is 2. The van der Waals surface area contributed by atoms with Crippen LogP contribution in [0, 0.1) is 11.8 Å². The van der Waals surface area contributed by atoms with Crippen molar-refractivity contribution >= 4 is 21.7 Å². The van der Waals surface area contributed by atoms with Gasteiger partial charge in [0.05, 0.1) is 11.5 Å². The van der Waals surface area contributed by atoms with Gasteiger partial charge in [0.25, 0.3) is 0 Å². The molecule has 1 heterocycles. The van der Waals surface area contributed by atoms with E-state index in [9.17, 15) is 18.0 Å². The Labute approximate surface area is 87.9 Å². The lowest BCUT2D eigenvalue weighted by Gasteiger charge is -2.13. The van der Waals surface area contributed by atoms with Crippen LogP contribution in [0.1, 0.15) is 12.8 Å². The number of hydrogen-bond donors (Lipinski definition) is 2. The molecule has 0 radical (unpaired) electrons. The fourth-order valence-corrected chi connectivity index (χ4v) is 4.18. The standard InChI is InChI=1S/C8H14N2O4S/c9-7(11)1-5-3-15(13,14)4-6(5)2-8(10)12/h5-6H,1-4H2,(H2,9,11)(H2,10,12)/t5-,6-/m0/s1. The number of rotatable bonds is 4. The third-order valence-electron chi connectivity index (χ3n) is 2.53. The molecule has 1 aliphatic heterocycles. The molecular formula is C8H14N2O4S. The van der Waals surface area contributed by atoms with Crippen molar-refractivity contribution in [3.63, 3.8) is 0 Å². The summed E-state index contributed by atoms with van der Waals surface area (Å²) in [6.07, 6.45) is -0.00560. The summed E-state index contributed by atoms with van der Waals surface area (Å²) >= 11 is 0. The fraction of sp³-hybridized carbons (Fsp3) is 0.750. The van der Waals surface area contributed by atoms with Gasteiger partial charge >= 0.3 is 0 Å². The maximum Gasteiger partial charge on any atom is 0.217 e. The van der Waals surface area contributed by atoms with Gasteiger partial charge in [0.1, 0.15) is 0 Å². The van der Waals surface area contributed by atoms with Crippen LogP contribution >= 0.6 is 0 Å². The largest absolute Gasteiger partial charge is 0.370 e. The number of hydrogen-bond acceptors (Lipinski definition) is 4. The third kappa shape index (κ3) is 3.50. The minimum atomic E-state index is -3.15. The average Bonchev–Trinajstić information content (AvgIpc) is 2.22. The maximum absolute atomic E-state index is 11.3. The van der Waals surface area contributed by atoms with Crippen molar-refractivity contribution in [2.45, 2.75) is 12.8 Å². The Balaban J connectivity index is 2.74. The molecule has 1 fully saturated rings. The Kier molecular flexibility index (Phi) is 3.33. The molecule has 0 aromatic carbocycles. The highest BCUT2D eigenvalue weighted by Crippen LogP contribution is 2.30. The molecule has 6 nitrogen and oxygen atoms in total. The number of carbonyl (C=O) groups is 2. The zero-order chi connectivity index (χ0) is 11.6. The minimum absolute atomic E-state index is 0.00280. The van der Waals surface area contributed by atoms with Gasteiger partial charge in [-0.1, -0.05) is 0 Å². The summed E-state index contributed by atoms with van der Waals surface area (Å²) in [6.45, 7) is 0. The van der Waals surface area contributed by atoms with Crippen molar-refractivity contribution in [2.75, 3.05) is 11.5 Å². The molecule has 0 aromatic heterocycles. The van der Waals surface area contributed by atoms with Crippen molar-refractivity contribution in [2.24, 2.45) is 23.3 Å². The van der Waals surface area contributed by atoms with E-state index in [1.165, 1.54) is 0 Å². The summed E-state index contributed by atoms with van der Waals surface area (Å²) in [4.78, 5) is 21.4. The highest BCUT2D eigenvalue weighted by molar-refractivity contribution is 7.91. The number of carbonyl (C=O) groups excluding carboxylic acids is 2. The average molecular weight is 234 g/mol. The van der Waals surface area contributed by atoms with Gasteiger partial charge in [0.2, 0.25) is 11.8 Å². The molecule has 1 rings (SSSR count). The number of primary amides is 2. The second-order valence-electron chi connectivity index (χ2n) is 3.94. The summed E-state index contributed by atoms with van der Waals surface area (Å²) in [5, 5.41) is 0. The lowest BCUT2D eigenvalue weighted by molar-refractivity contribution is -0.121. The maximum atomic E-state index is 11.3. The Morgan fingerprint density at radius 1 is 1.00 bits per heavy atom. The molecule has 0 aromatic rings. The predicted molar refractivity (Wildman–Crippen MR) is 53.3 cm³/mol. The van der Waals surface area contributed by atoms with Crippen LogP contribution in [0.15, 0.2) is 0 Å². The van der Waals surface area contributed by atoms with E-state index in [2.05, 4.69) is 0 Å². The van der Waals surface area contributed by atoms with E-state index in [1.807, 2.05) is 0 Å². The van der Waals surface area contributed by atoms with Gasteiger partial charge in [-0.3, -0.25) is 9.59 Å². The summed E-state index contributed by atoms with van der Waals surface area (Å²) in [6, 6.07) is 0. The van der Waals surface area contributed by atoms with Crippen molar-refractivity contribution in [3.8, 4) is 0 Å². The van der Waals surface area contributed by atoms with Gasteiger partial charge < -0.3 is 11.5 Å². The fourth-order valence-electron chi connectivity index (χ4n) is 1.96. The molecule has 2 atom stereocenters. The zero-order valence-electron chi connectivity index (χ0n) is 8.18. The normalized spacial score (nSPS) is 28.8. The molecule has 2 amide bonds. The molecule has 0 saturated carbocycles. The van der Waals surface area contributed by atoms with E-state index in [4.69, 9.17) is 11.5 Å². The number of nitrogens with two attached hydrogens (primary N) is 2. The van der Waals surface area contributed by atoms with Crippen LogP contribution in [-0.2, 0) is 19.4 Å². The minimum Gasteiger partial charge on any atom is -0.370 e. The van der Waals surface area contributed by atoms with Crippen LogP contribution in [0.25, 0.3) is 0 Å². The monoisotopic (exact) mass is 234 g/mol. The predicted octanol–water partition coefficient (Wildman–Crippen LogP) is -1.60. The second-order valence-corrected chi connectivity index (χ2v) is 6.09. The van der Waals surface area contributed by atoms with Crippen molar-refractivity contribution in [3.05, 3.63) is 0 Å². The molecule has 7 heteroatoms. The molecule has 1 aliphatic rings. The van der Waals surface area contributed by atoms with Crippen molar-refractivity contribution in [1.82, 2.24) is 0 Å². The van der Waals surface area contributed by atoms with Crippen molar-refractivity contribution in [1.29, 1.82) is 0 Å². The van der Waals surface area contributed by atoms with E-state index in [1.54, 1.807) is 0 Å². The van der Waals surface area contributed by atoms with Crippen LogP contribution in [0.5, 0.6) is 0 Å². The van der Waals surface area contributed by atoms with E-state index in [-0.39, 0.29) is 36.2 Å². The lowest BCUT2D eigenvalue weighted by Crippen LogP contribution is -2.25. The summed E-state index contributed by atoms with van der Waals surface area (Å²) < 4.78 is 22.6. The highest BCUT2D eigenvalue weighted by atomic mass is 32.2. The van der Waals surface area contributed by atoms with Gasteiger partial charge in [-0.2, -0.15) is 0 Å². The zero-order valence-corrected chi connectivity index (χ0v) is 9.00. The SMILES string of the molecule is NC(=O)C[C@H]1CS(=O)(=O)C[C@@H]1CC(N)=O. The molecule has 4 N–H and O–H groups in total. The Morgan fingerprint density at radius 3 is 1.60 bits per heavy atom. The van der Waals surface area contributed by atoms with Gasteiger partial charge in [-0.25, -0.2) is 8.42 Å². The molecule has 15 heavy (non-hydrogen) atoms. The second kappa shape index (κ2) is 4.18. The van der Waals surface area contributed by atoms with Gasteiger partial charge in [0.15, 0.2) is 9.84 Å². The van der Waals surface area contributed by atoms with E-state index < -0.39 is 21.7 Å². The third-order valence-corrected chi connectivity index (χ3v) is 4.40. The van der Waals surface area contributed by atoms with Crippen molar-refractivity contribution < 1.29 is 18.0 Å². The summed E-state index contributed by atoms with van der Waals surface area (Å²) in [7, 11) is -3.15. The first-order valence-electron chi connectivity index (χ1n) is 4.57. The Morgan fingerprint density at radius 2 is 1.33 bits per heavy atom. The first-order chi connectivity index (χ1) is 6.80. The molecule has 1 saturated heterocycles. The molecular weight excluding hydrogens is 220 g/mol. The van der Waals surface area contributed by atoms with Crippen LogP contribution in [-0.4, -0.2) is 31.7 Å². The van der Waals surface area contributed by atoms with Crippen LogP contribution in [0.2, 0.25) is 0 Å². The quantitative estimate of drug-likeness (QED) is 0.608. The lowest BCUT2D eigenvalue weighted by atomic mass is 9.90. The van der Waals surface area contributed by atoms with Crippen LogP contribution in [0.4, 0.5) is 0 Å². The van der Waals surface area contributed by atoms with E-state index in [0.717, 1.165) is 0 Å². The molecule has 0 unspecified atom stereocenters. The van der Waals surface area contributed by atoms with Crippen LogP contribution < -0.4 is 11.5 Å². The Bertz CT molecular complexity index is 346. The Hall–Kier alpha value is -1.11. The summed E-state index contributed by atoms with van der Waals surface area (Å²) in [5.74, 6) is -1.97. The first-order valence-corrected chi connectivity index (χ1v) is 6.39.